The van der Waals surface area contributed by atoms with Gasteiger partial charge in [-0.25, -0.2) is 9.48 Å². The minimum absolute atomic E-state index is 0.0638. The van der Waals surface area contributed by atoms with Crippen LogP contribution in [0.1, 0.15) is 20.7 Å². The highest BCUT2D eigenvalue weighted by Gasteiger charge is 2.16. The van der Waals surface area contributed by atoms with Crippen molar-refractivity contribution in [3.63, 3.8) is 0 Å². The van der Waals surface area contributed by atoms with E-state index in [4.69, 9.17) is 17.3 Å². The van der Waals surface area contributed by atoms with Crippen molar-refractivity contribution in [2.75, 3.05) is 5.32 Å². The third kappa shape index (κ3) is 3.06. The maximum Gasteiger partial charge on any atom is 0.336 e. The van der Waals surface area contributed by atoms with Crippen molar-refractivity contribution in [2.24, 2.45) is 0 Å². The lowest BCUT2D eigenvalue weighted by atomic mass is 10.1. The van der Waals surface area contributed by atoms with Crippen molar-refractivity contribution in [1.82, 2.24) is 20.2 Å². The van der Waals surface area contributed by atoms with Crippen LogP contribution in [0.4, 0.5) is 5.69 Å². The van der Waals surface area contributed by atoms with Crippen LogP contribution in [0.25, 0.3) is 5.69 Å². The van der Waals surface area contributed by atoms with Crippen LogP contribution in [0.2, 0.25) is 0 Å². The normalized spacial score (nSPS) is 10.3. The number of rotatable bonds is 4. The van der Waals surface area contributed by atoms with E-state index in [0.29, 0.717) is 11.4 Å². The first-order chi connectivity index (χ1) is 11.6. The first-order valence-corrected chi connectivity index (χ1v) is 7.21. The number of benzene rings is 2. The van der Waals surface area contributed by atoms with Gasteiger partial charge in [0.05, 0.1) is 16.8 Å². The quantitative estimate of drug-likeness (QED) is 0.628. The summed E-state index contributed by atoms with van der Waals surface area (Å²) >= 11 is 5.03. The molecule has 0 atom stereocenters. The van der Waals surface area contributed by atoms with Crippen LogP contribution in [-0.2, 0) is 0 Å². The second kappa shape index (κ2) is 6.42. The molecule has 0 radical (unpaired) electrons. The van der Waals surface area contributed by atoms with E-state index in [1.165, 1.54) is 16.8 Å². The predicted molar refractivity (Wildman–Crippen MR) is 87.9 cm³/mol. The summed E-state index contributed by atoms with van der Waals surface area (Å²) < 4.78 is 1.71. The number of tetrazole rings is 1. The lowest BCUT2D eigenvalue weighted by molar-refractivity contribution is 0.0692. The smallest absolute Gasteiger partial charge is 0.336 e. The molecule has 24 heavy (non-hydrogen) atoms. The van der Waals surface area contributed by atoms with Crippen LogP contribution in [0.5, 0.6) is 0 Å². The molecule has 0 fully saturated rings. The maximum atomic E-state index is 12.4. The van der Waals surface area contributed by atoms with Gasteiger partial charge in [-0.05, 0) is 42.5 Å². The van der Waals surface area contributed by atoms with Gasteiger partial charge >= 0.3 is 5.97 Å². The zero-order valence-electron chi connectivity index (χ0n) is 12.1. The minimum Gasteiger partial charge on any atom is -0.478 e. The number of hydrogen-bond acceptors (Lipinski definition) is 5. The fourth-order valence-electron chi connectivity index (χ4n) is 2.15. The van der Waals surface area contributed by atoms with Gasteiger partial charge in [0.25, 0.3) is 5.91 Å². The van der Waals surface area contributed by atoms with Crippen molar-refractivity contribution in [1.29, 1.82) is 0 Å². The largest absolute Gasteiger partial charge is 0.478 e. The number of carboxylic acid groups (broad SMARTS) is 1. The van der Waals surface area contributed by atoms with E-state index in [1.54, 1.807) is 36.4 Å². The van der Waals surface area contributed by atoms with E-state index in [2.05, 4.69) is 20.8 Å². The molecule has 8 nitrogen and oxygen atoms in total. The number of aromatic amines is 1. The molecule has 0 aliphatic heterocycles. The van der Waals surface area contributed by atoms with Crippen molar-refractivity contribution < 1.29 is 14.7 Å². The van der Waals surface area contributed by atoms with Gasteiger partial charge in [0, 0.05) is 5.69 Å². The molecule has 2 aromatic carbocycles. The molecule has 1 aromatic heterocycles. The summed E-state index contributed by atoms with van der Waals surface area (Å²) in [5.74, 6) is -1.68. The van der Waals surface area contributed by atoms with E-state index < -0.39 is 11.9 Å². The van der Waals surface area contributed by atoms with Crippen LogP contribution < -0.4 is 5.32 Å². The Morgan fingerprint density at radius 1 is 1.12 bits per heavy atom. The Balaban J connectivity index is 1.90. The van der Waals surface area contributed by atoms with Gasteiger partial charge < -0.3 is 10.4 Å². The molecular formula is C15H11N5O3S. The lowest BCUT2D eigenvalue weighted by Gasteiger charge is -2.09. The van der Waals surface area contributed by atoms with Crippen LogP contribution >= 0.6 is 12.2 Å². The molecule has 0 unspecified atom stereocenters. The third-order valence-electron chi connectivity index (χ3n) is 3.24. The number of nitrogens with zero attached hydrogens (tertiary/aromatic N) is 3. The van der Waals surface area contributed by atoms with Crippen molar-refractivity contribution in [3.05, 3.63) is 64.4 Å². The lowest BCUT2D eigenvalue weighted by Crippen LogP contribution is -2.16. The van der Waals surface area contributed by atoms with Crippen LogP contribution in [0.15, 0.2) is 48.5 Å². The van der Waals surface area contributed by atoms with E-state index in [-0.39, 0.29) is 15.9 Å². The van der Waals surface area contributed by atoms with Crippen LogP contribution in [0.3, 0.4) is 0 Å². The highest BCUT2D eigenvalue weighted by Crippen LogP contribution is 2.16. The minimum atomic E-state index is -1.16. The number of nitrogens with one attached hydrogen (secondary N) is 2. The fourth-order valence-corrected chi connectivity index (χ4v) is 2.34. The number of H-pyrrole nitrogens is 1. The first kappa shape index (κ1) is 15.6. The molecule has 0 aliphatic rings. The summed E-state index contributed by atoms with van der Waals surface area (Å²) in [7, 11) is 0. The van der Waals surface area contributed by atoms with Gasteiger partial charge in [0.1, 0.15) is 0 Å². The summed E-state index contributed by atoms with van der Waals surface area (Å²) in [5, 5.41) is 21.7. The van der Waals surface area contributed by atoms with Gasteiger partial charge in [-0.15, -0.1) is 0 Å². The molecule has 0 saturated carbocycles. The van der Waals surface area contributed by atoms with Gasteiger partial charge in [0.2, 0.25) is 4.77 Å². The van der Waals surface area contributed by atoms with E-state index in [1.807, 2.05) is 0 Å². The van der Waals surface area contributed by atoms with Gasteiger partial charge in [-0.1, -0.05) is 28.5 Å². The zero-order valence-corrected chi connectivity index (χ0v) is 12.9. The zero-order chi connectivity index (χ0) is 17.1. The Bertz CT molecular complexity index is 979. The molecule has 0 aliphatic carbocycles. The molecule has 1 amide bonds. The number of anilines is 1. The van der Waals surface area contributed by atoms with Gasteiger partial charge in [0.15, 0.2) is 0 Å². The van der Waals surface area contributed by atoms with E-state index in [9.17, 15) is 9.59 Å². The molecule has 3 rings (SSSR count). The molecule has 3 aromatic rings. The number of amides is 1. The SMILES string of the molecule is O=C(O)c1ccccc1C(=O)Nc1cccc(-n2[nH]nnc2=S)c1. The van der Waals surface area contributed by atoms with Crippen LogP contribution in [0, 0.1) is 4.77 Å². The van der Waals surface area contributed by atoms with E-state index in [0.717, 1.165) is 0 Å². The number of aromatic nitrogens is 4. The molecule has 9 heteroatoms. The molecule has 0 spiro atoms. The second-order valence-corrected chi connectivity index (χ2v) is 5.14. The molecule has 1 heterocycles. The van der Waals surface area contributed by atoms with Crippen molar-refractivity contribution >= 4 is 29.8 Å². The Kier molecular flexibility index (Phi) is 4.17. The Hall–Kier alpha value is -3.33. The van der Waals surface area contributed by atoms with Gasteiger partial charge in [-0.3, -0.25) is 4.79 Å². The Morgan fingerprint density at radius 2 is 1.88 bits per heavy atom. The first-order valence-electron chi connectivity index (χ1n) is 6.80. The highest BCUT2D eigenvalue weighted by molar-refractivity contribution is 7.71. The Labute approximate surface area is 140 Å². The topological polar surface area (TPSA) is 113 Å². The number of carbonyl (C=O) groups is 2. The number of carboxylic acids is 1. The third-order valence-corrected chi connectivity index (χ3v) is 3.50. The average molecular weight is 341 g/mol. The summed E-state index contributed by atoms with van der Waals surface area (Å²) in [6.45, 7) is 0. The van der Waals surface area contributed by atoms with Crippen molar-refractivity contribution in [3.8, 4) is 5.69 Å². The summed E-state index contributed by atoms with van der Waals surface area (Å²) in [6.07, 6.45) is 0. The molecular weight excluding hydrogens is 330 g/mol. The molecule has 0 saturated heterocycles. The molecule has 120 valence electrons. The van der Waals surface area contributed by atoms with Gasteiger partial charge in [-0.2, -0.15) is 5.21 Å². The summed E-state index contributed by atoms with van der Waals surface area (Å²) in [4.78, 5) is 23.6. The maximum absolute atomic E-state index is 12.4. The molecule has 3 N–H and O–H groups in total. The second-order valence-electron chi connectivity index (χ2n) is 4.77. The monoisotopic (exact) mass is 341 g/mol. The fraction of sp³-hybridized carbons (Fsp3) is 0. The Morgan fingerprint density at radius 3 is 2.54 bits per heavy atom. The highest BCUT2D eigenvalue weighted by atomic mass is 32.1. The number of hydrogen-bond donors (Lipinski definition) is 3. The summed E-state index contributed by atoms with van der Waals surface area (Å²) in [6, 6.07) is 12.8. The van der Waals surface area contributed by atoms with Crippen LogP contribution in [-0.4, -0.2) is 37.2 Å². The average Bonchev–Trinajstić information content (AvgIpc) is 3.01. The summed E-state index contributed by atoms with van der Waals surface area (Å²) in [5.41, 5.74) is 1.13. The standard InChI is InChI=1S/C15H11N5O3S/c21-13(11-6-1-2-7-12(11)14(22)23)16-9-4-3-5-10(8-9)20-15(24)17-18-19-20/h1-8H,(H,16,21)(H,22,23)(H,17,19,24). The number of aromatic carboxylic acids is 1. The van der Waals surface area contributed by atoms with Crippen molar-refractivity contribution in [2.45, 2.75) is 0 Å². The van der Waals surface area contributed by atoms with E-state index >= 15 is 0 Å². The predicted octanol–water partition coefficient (Wildman–Crippen LogP) is 2.28. The number of carbonyl (C=O) groups excluding carboxylic acids is 1. The molecule has 0 bridgehead atoms.